The third-order valence-corrected chi connectivity index (χ3v) is 4.73. The van der Waals surface area contributed by atoms with Crippen molar-refractivity contribution in [2.24, 2.45) is 0 Å². The number of aryl methyl sites for hydroxylation is 1. The lowest BCUT2D eigenvalue weighted by Gasteiger charge is -2.13. The molecule has 1 aliphatic carbocycles. The molecule has 1 amide bonds. The average molecular weight is 369 g/mol. The monoisotopic (exact) mass is 369 g/mol. The molecule has 28 heavy (non-hydrogen) atoms. The summed E-state index contributed by atoms with van der Waals surface area (Å²) >= 11 is 0. The molecule has 0 saturated heterocycles. The fourth-order valence-electron chi connectivity index (χ4n) is 3.25. The van der Waals surface area contributed by atoms with Crippen LogP contribution < -0.4 is 10.1 Å². The maximum atomic E-state index is 12.7. The highest BCUT2D eigenvalue weighted by Crippen LogP contribution is 2.32. The predicted octanol–water partition coefficient (Wildman–Crippen LogP) is 4.93. The van der Waals surface area contributed by atoms with Gasteiger partial charge in [0.25, 0.3) is 11.7 Å². The molecule has 0 heterocycles. The van der Waals surface area contributed by atoms with E-state index >= 15 is 0 Å². The summed E-state index contributed by atoms with van der Waals surface area (Å²) in [6, 6.07) is 22.3. The highest BCUT2D eigenvalue weighted by molar-refractivity contribution is 6.56. The van der Waals surface area contributed by atoms with Gasteiger partial charge in [-0.1, -0.05) is 60.7 Å². The Kier molecular flexibility index (Phi) is 4.77. The highest BCUT2D eigenvalue weighted by Gasteiger charge is 2.25. The van der Waals surface area contributed by atoms with E-state index in [-0.39, 0.29) is 0 Å². The van der Waals surface area contributed by atoms with Crippen molar-refractivity contribution in [1.29, 1.82) is 0 Å². The van der Waals surface area contributed by atoms with E-state index < -0.39 is 11.7 Å². The van der Waals surface area contributed by atoms with Crippen LogP contribution in [0.1, 0.15) is 16.7 Å². The molecule has 0 spiro atoms. The normalized spacial score (nSPS) is 12.1. The number of allylic oxidation sites excluding steroid dienone is 1. The number of Topliss-reactive ketones (excluding diaryl/α,β-unsaturated/α-hetero) is 1. The van der Waals surface area contributed by atoms with Crippen molar-refractivity contribution < 1.29 is 14.3 Å². The molecule has 0 radical (unpaired) electrons. The summed E-state index contributed by atoms with van der Waals surface area (Å²) in [5, 5.41) is 2.70. The van der Waals surface area contributed by atoms with Crippen molar-refractivity contribution in [3.63, 3.8) is 0 Å². The van der Waals surface area contributed by atoms with Gasteiger partial charge in [-0.2, -0.15) is 0 Å². The molecule has 0 fully saturated rings. The minimum Gasteiger partial charge on any atom is -0.455 e. The first-order chi connectivity index (χ1) is 13.6. The second kappa shape index (κ2) is 7.53. The van der Waals surface area contributed by atoms with Gasteiger partial charge in [0, 0.05) is 5.57 Å². The molecular weight excluding hydrogens is 350 g/mol. The minimum atomic E-state index is -0.677. The number of ether oxygens (including phenoxy) is 1. The lowest BCUT2D eigenvalue weighted by molar-refractivity contribution is -0.131. The summed E-state index contributed by atoms with van der Waals surface area (Å²) in [7, 11) is 0. The number of hydrogen-bond acceptors (Lipinski definition) is 3. The Hall–Kier alpha value is -3.66. The molecule has 4 nitrogen and oxygen atoms in total. The van der Waals surface area contributed by atoms with Crippen molar-refractivity contribution >= 4 is 23.0 Å². The lowest BCUT2D eigenvalue weighted by Crippen LogP contribution is -2.23. The van der Waals surface area contributed by atoms with Crippen LogP contribution in [0.3, 0.4) is 0 Å². The van der Waals surface area contributed by atoms with E-state index in [4.69, 9.17) is 4.74 Å². The van der Waals surface area contributed by atoms with E-state index in [1.54, 1.807) is 18.2 Å². The Balaban J connectivity index is 1.54. The first-order valence-electron chi connectivity index (χ1n) is 9.10. The zero-order chi connectivity index (χ0) is 19.5. The molecule has 1 aliphatic rings. The fraction of sp³-hybridized carbons (Fsp3) is 0.0833. The summed E-state index contributed by atoms with van der Waals surface area (Å²) < 4.78 is 5.96. The van der Waals surface area contributed by atoms with E-state index in [1.165, 1.54) is 0 Å². The number of nitrogens with one attached hydrogen (secondary N) is 1. The number of carbonyl (C=O) groups excluding carboxylic acids is 2. The van der Waals surface area contributed by atoms with Crippen molar-refractivity contribution in [1.82, 2.24) is 0 Å². The Morgan fingerprint density at radius 1 is 0.857 bits per heavy atom. The summed E-state index contributed by atoms with van der Waals surface area (Å²) in [6.07, 6.45) is 2.47. The number of carbonyl (C=O) groups is 2. The SMILES string of the molecule is Cc1ccccc1Oc1ccccc1NC(=O)C(=O)C1=CCc2ccccc21. The maximum absolute atomic E-state index is 12.7. The van der Waals surface area contributed by atoms with Gasteiger partial charge < -0.3 is 10.1 Å². The average Bonchev–Trinajstić information content (AvgIpc) is 3.14. The summed E-state index contributed by atoms with van der Waals surface area (Å²) in [5.74, 6) is -0.0406. The van der Waals surface area contributed by atoms with E-state index in [0.717, 1.165) is 16.7 Å². The number of amides is 1. The minimum absolute atomic E-state index is 0.449. The molecule has 3 aromatic carbocycles. The fourth-order valence-corrected chi connectivity index (χ4v) is 3.25. The van der Waals surface area contributed by atoms with Gasteiger partial charge in [-0.25, -0.2) is 0 Å². The summed E-state index contributed by atoms with van der Waals surface area (Å²) in [6.45, 7) is 1.95. The van der Waals surface area contributed by atoms with Crippen LogP contribution in [0.15, 0.2) is 78.9 Å². The molecule has 4 rings (SSSR count). The predicted molar refractivity (Wildman–Crippen MR) is 109 cm³/mol. The van der Waals surface area contributed by atoms with Gasteiger partial charge >= 0.3 is 0 Å². The maximum Gasteiger partial charge on any atom is 0.296 e. The van der Waals surface area contributed by atoms with Gasteiger partial charge in [-0.3, -0.25) is 9.59 Å². The zero-order valence-corrected chi connectivity index (χ0v) is 15.4. The van der Waals surface area contributed by atoms with Crippen LogP contribution in [0.2, 0.25) is 0 Å². The van der Waals surface area contributed by atoms with Gasteiger partial charge in [0.15, 0.2) is 5.75 Å². The van der Waals surface area contributed by atoms with Gasteiger partial charge in [0.1, 0.15) is 5.75 Å². The molecule has 0 aliphatic heterocycles. The molecular formula is C24H19NO3. The number of hydrogen-bond donors (Lipinski definition) is 1. The molecule has 0 saturated carbocycles. The van der Waals surface area contributed by atoms with E-state index in [0.29, 0.717) is 29.2 Å². The first-order valence-corrected chi connectivity index (χ1v) is 9.10. The number of fused-ring (bicyclic) bond motifs is 1. The van der Waals surface area contributed by atoms with Gasteiger partial charge in [0.2, 0.25) is 0 Å². The van der Waals surface area contributed by atoms with Crippen LogP contribution in [-0.4, -0.2) is 11.7 Å². The summed E-state index contributed by atoms with van der Waals surface area (Å²) in [5.41, 5.74) is 3.77. The second-order valence-corrected chi connectivity index (χ2v) is 6.63. The molecule has 3 aromatic rings. The topological polar surface area (TPSA) is 55.4 Å². The van der Waals surface area contributed by atoms with Crippen LogP contribution in [0.4, 0.5) is 5.69 Å². The Morgan fingerprint density at radius 2 is 1.54 bits per heavy atom. The third-order valence-electron chi connectivity index (χ3n) is 4.73. The number of benzene rings is 3. The lowest BCUT2D eigenvalue weighted by atomic mass is 10.0. The van der Waals surface area contributed by atoms with E-state index in [9.17, 15) is 9.59 Å². The van der Waals surface area contributed by atoms with Crippen molar-refractivity contribution in [3.8, 4) is 11.5 Å². The van der Waals surface area contributed by atoms with Gasteiger partial charge in [0.05, 0.1) is 5.69 Å². The molecule has 0 atom stereocenters. The molecule has 0 unspecified atom stereocenters. The molecule has 0 bridgehead atoms. The first kappa shape index (κ1) is 17.7. The van der Waals surface area contributed by atoms with Gasteiger partial charge in [-0.05, 0) is 48.2 Å². The van der Waals surface area contributed by atoms with Crippen molar-refractivity contribution in [3.05, 3.63) is 95.6 Å². The number of para-hydroxylation sites is 3. The zero-order valence-electron chi connectivity index (χ0n) is 15.4. The standard InChI is InChI=1S/C24H19NO3/c1-16-8-2-6-12-21(16)28-22-13-7-5-11-20(22)25-24(27)23(26)19-15-14-17-9-3-4-10-18(17)19/h2-13,15H,14H2,1H3,(H,25,27). The third kappa shape index (κ3) is 3.45. The molecule has 0 aromatic heterocycles. The van der Waals surface area contributed by atoms with Crippen LogP contribution in [0, 0.1) is 6.92 Å². The molecule has 4 heteroatoms. The molecule has 1 N–H and O–H groups in total. The van der Waals surface area contributed by atoms with Gasteiger partial charge in [-0.15, -0.1) is 0 Å². The highest BCUT2D eigenvalue weighted by atomic mass is 16.5. The van der Waals surface area contributed by atoms with Crippen LogP contribution in [0.25, 0.3) is 5.57 Å². The summed E-state index contributed by atoms with van der Waals surface area (Å²) in [4.78, 5) is 25.3. The number of ketones is 1. The number of rotatable bonds is 5. The second-order valence-electron chi connectivity index (χ2n) is 6.63. The Morgan fingerprint density at radius 3 is 2.36 bits per heavy atom. The Bertz CT molecular complexity index is 1100. The largest absolute Gasteiger partial charge is 0.455 e. The van der Waals surface area contributed by atoms with Crippen molar-refractivity contribution in [2.45, 2.75) is 13.3 Å². The smallest absolute Gasteiger partial charge is 0.296 e. The van der Waals surface area contributed by atoms with Crippen molar-refractivity contribution in [2.75, 3.05) is 5.32 Å². The quantitative estimate of drug-likeness (QED) is 0.649. The number of anilines is 1. The molecule has 138 valence electrons. The van der Waals surface area contributed by atoms with E-state index in [2.05, 4.69) is 5.32 Å². The van der Waals surface area contributed by atoms with Crippen LogP contribution in [-0.2, 0) is 16.0 Å². The van der Waals surface area contributed by atoms with Crippen LogP contribution >= 0.6 is 0 Å². The van der Waals surface area contributed by atoms with Crippen LogP contribution in [0.5, 0.6) is 11.5 Å². The van der Waals surface area contributed by atoms with E-state index in [1.807, 2.05) is 67.6 Å². The Labute approximate surface area is 163 Å².